The Labute approximate surface area is 164 Å². The number of hydrogen-bond donors (Lipinski definition) is 1. The number of anilines is 2. The monoisotopic (exact) mass is 383 g/mol. The molecule has 0 spiro atoms. The summed E-state index contributed by atoms with van der Waals surface area (Å²) in [5.74, 6) is -0.268. The van der Waals surface area contributed by atoms with Crippen LogP contribution in [0, 0.1) is 0 Å². The fourth-order valence-electron chi connectivity index (χ4n) is 3.30. The van der Waals surface area contributed by atoms with Crippen LogP contribution in [0.3, 0.4) is 0 Å². The first-order valence-corrected chi connectivity index (χ1v) is 10.1. The quantitative estimate of drug-likeness (QED) is 0.802. The summed E-state index contributed by atoms with van der Waals surface area (Å²) in [7, 11) is 1.92. The molecular weight excluding hydrogens is 358 g/mol. The summed E-state index contributed by atoms with van der Waals surface area (Å²) < 4.78 is 0. The van der Waals surface area contributed by atoms with E-state index in [0.717, 1.165) is 11.3 Å². The number of amides is 2. The molecule has 1 heterocycles. The van der Waals surface area contributed by atoms with Gasteiger partial charge in [0.15, 0.2) is 0 Å². The summed E-state index contributed by atoms with van der Waals surface area (Å²) in [6.07, 6.45) is 2.05. The van der Waals surface area contributed by atoms with Crippen LogP contribution in [0.2, 0.25) is 0 Å². The number of nitrogens with one attached hydrogen (secondary N) is 1. The maximum atomic E-state index is 13.1. The van der Waals surface area contributed by atoms with Gasteiger partial charge in [-0.25, -0.2) is 0 Å². The van der Waals surface area contributed by atoms with Crippen LogP contribution in [-0.4, -0.2) is 42.1 Å². The zero-order valence-electron chi connectivity index (χ0n) is 16.2. The second kappa shape index (κ2) is 7.74. The Morgan fingerprint density at radius 3 is 2.48 bits per heavy atom. The number of carbonyl (C=O) groups is 2. The molecule has 0 bridgehead atoms. The number of nitrogens with zero attached hydrogens (tertiary/aromatic N) is 2. The van der Waals surface area contributed by atoms with Crippen molar-refractivity contribution in [2.45, 2.75) is 30.8 Å². The van der Waals surface area contributed by atoms with Crippen molar-refractivity contribution in [2.75, 3.05) is 30.1 Å². The zero-order valence-corrected chi connectivity index (χ0v) is 17.0. The highest BCUT2D eigenvalue weighted by molar-refractivity contribution is 7.98. The van der Waals surface area contributed by atoms with Gasteiger partial charge in [-0.05, 0) is 57.0 Å². The van der Waals surface area contributed by atoms with Crippen LogP contribution in [0.5, 0.6) is 0 Å². The fraction of sp³-hybridized carbons (Fsp3) is 0.333. The van der Waals surface area contributed by atoms with Crippen molar-refractivity contribution in [3.05, 3.63) is 54.1 Å². The third-order valence-corrected chi connectivity index (χ3v) is 5.52. The molecular formula is C21H25N3O2S. The average Bonchev–Trinajstić information content (AvgIpc) is 2.63. The van der Waals surface area contributed by atoms with Gasteiger partial charge in [-0.3, -0.25) is 19.4 Å². The van der Waals surface area contributed by atoms with E-state index in [0.29, 0.717) is 12.2 Å². The van der Waals surface area contributed by atoms with Crippen LogP contribution in [0.15, 0.2) is 53.4 Å². The molecule has 0 radical (unpaired) electrons. The SMILES string of the molecule is CSc1ccc(CN(C)CC(=O)N2c3ccccc3NC(=O)C2(C)C)cc1. The van der Waals surface area contributed by atoms with Gasteiger partial charge in [-0.2, -0.15) is 0 Å². The summed E-state index contributed by atoms with van der Waals surface area (Å²) in [5, 5.41) is 2.89. The molecule has 3 rings (SSSR count). The highest BCUT2D eigenvalue weighted by Gasteiger charge is 2.43. The Hall–Kier alpha value is -2.31. The van der Waals surface area contributed by atoms with E-state index in [9.17, 15) is 9.59 Å². The number of hydrogen-bond acceptors (Lipinski definition) is 4. The van der Waals surface area contributed by atoms with Crippen molar-refractivity contribution >= 4 is 35.0 Å². The van der Waals surface area contributed by atoms with Gasteiger partial charge in [0.2, 0.25) is 11.8 Å². The lowest BCUT2D eigenvalue weighted by Gasteiger charge is -2.42. The first-order chi connectivity index (χ1) is 12.8. The van der Waals surface area contributed by atoms with Crippen molar-refractivity contribution in [2.24, 2.45) is 0 Å². The maximum Gasteiger partial charge on any atom is 0.250 e. The number of thioether (sulfide) groups is 1. The smallest absolute Gasteiger partial charge is 0.250 e. The topological polar surface area (TPSA) is 52.7 Å². The number of rotatable bonds is 5. The van der Waals surface area contributed by atoms with Gasteiger partial charge in [0.25, 0.3) is 0 Å². The predicted octanol–water partition coefficient (Wildman–Crippen LogP) is 3.60. The normalized spacial score (nSPS) is 15.4. The van der Waals surface area contributed by atoms with E-state index >= 15 is 0 Å². The molecule has 27 heavy (non-hydrogen) atoms. The predicted molar refractivity (Wildman–Crippen MR) is 111 cm³/mol. The van der Waals surface area contributed by atoms with Crippen molar-refractivity contribution < 1.29 is 9.59 Å². The highest BCUT2D eigenvalue weighted by Crippen LogP contribution is 2.36. The molecule has 0 fully saturated rings. The molecule has 0 aromatic heterocycles. The maximum absolute atomic E-state index is 13.1. The summed E-state index contributed by atoms with van der Waals surface area (Å²) in [6.45, 7) is 4.45. The molecule has 142 valence electrons. The van der Waals surface area contributed by atoms with E-state index in [4.69, 9.17) is 0 Å². The minimum Gasteiger partial charge on any atom is -0.322 e. The Morgan fingerprint density at radius 1 is 1.15 bits per heavy atom. The molecule has 0 aliphatic carbocycles. The minimum atomic E-state index is -0.938. The molecule has 0 saturated carbocycles. The van der Waals surface area contributed by atoms with Gasteiger partial charge in [0.1, 0.15) is 5.54 Å². The molecule has 1 N–H and O–H groups in total. The van der Waals surface area contributed by atoms with Crippen molar-refractivity contribution in [3.63, 3.8) is 0 Å². The van der Waals surface area contributed by atoms with Gasteiger partial charge >= 0.3 is 0 Å². The lowest BCUT2D eigenvalue weighted by Crippen LogP contribution is -2.60. The van der Waals surface area contributed by atoms with Crippen LogP contribution in [0.25, 0.3) is 0 Å². The van der Waals surface area contributed by atoms with Gasteiger partial charge in [-0.15, -0.1) is 11.8 Å². The molecule has 0 unspecified atom stereocenters. The van der Waals surface area contributed by atoms with Gasteiger partial charge in [0, 0.05) is 11.4 Å². The molecule has 1 aliphatic heterocycles. The van der Waals surface area contributed by atoms with Gasteiger partial charge < -0.3 is 5.32 Å². The Balaban J connectivity index is 1.76. The van der Waals surface area contributed by atoms with E-state index in [-0.39, 0.29) is 18.4 Å². The van der Waals surface area contributed by atoms with Crippen molar-refractivity contribution in [1.29, 1.82) is 0 Å². The molecule has 2 aromatic rings. The van der Waals surface area contributed by atoms with Gasteiger partial charge in [-0.1, -0.05) is 24.3 Å². The van der Waals surface area contributed by atoms with Crippen LogP contribution in [0.4, 0.5) is 11.4 Å². The van der Waals surface area contributed by atoms with Crippen LogP contribution in [0.1, 0.15) is 19.4 Å². The van der Waals surface area contributed by atoms with E-state index in [2.05, 4.69) is 29.6 Å². The largest absolute Gasteiger partial charge is 0.322 e. The summed E-state index contributed by atoms with van der Waals surface area (Å²) in [5.41, 5.74) is 1.63. The molecule has 0 saturated heterocycles. The zero-order chi connectivity index (χ0) is 19.6. The van der Waals surface area contributed by atoms with E-state index in [1.165, 1.54) is 4.90 Å². The van der Waals surface area contributed by atoms with E-state index in [1.54, 1.807) is 30.5 Å². The van der Waals surface area contributed by atoms with Gasteiger partial charge in [0.05, 0.1) is 17.9 Å². The standard InChI is InChI=1S/C21H25N3O2S/c1-21(2)20(26)22-17-7-5-6-8-18(17)24(21)19(25)14-23(3)13-15-9-11-16(27-4)12-10-15/h5-12H,13-14H2,1-4H3,(H,22,26). The van der Waals surface area contributed by atoms with Crippen LogP contribution < -0.4 is 10.2 Å². The summed E-state index contributed by atoms with van der Waals surface area (Å²) in [6, 6.07) is 15.8. The van der Waals surface area contributed by atoms with Crippen molar-refractivity contribution in [3.8, 4) is 0 Å². The first-order valence-electron chi connectivity index (χ1n) is 8.88. The second-order valence-corrected chi connectivity index (χ2v) is 8.16. The molecule has 2 amide bonds. The Morgan fingerprint density at radius 2 is 1.81 bits per heavy atom. The lowest BCUT2D eigenvalue weighted by atomic mass is 9.96. The van der Waals surface area contributed by atoms with Crippen LogP contribution >= 0.6 is 11.8 Å². The average molecular weight is 384 g/mol. The number of para-hydroxylation sites is 2. The number of benzene rings is 2. The number of likely N-dealkylation sites (N-methyl/N-ethyl adjacent to an activating group) is 1. The molecule has 2 aromatic carbocycles. The number of fused-ring (bicyclic) bond motifs is 1. The third kappa shape index (κ3) is 4.01. The van der Waals surface area contributed by atoms with E-state index in [1.807, 2.05) is 42.5 Å². The molecule has 5 nitrogen and oxygen atoms in total. The Kier molecular flexibility index (Phi) is 5.58. The first kappa shape index (κ1) is 19.5. The summed E-state index contributed by atoms with van der Waals surface area (Å²) in [4.78, 5) is 30.4. The third-order valence-electron chi connectivity index (χ3n) is 4.77. The minimum absolute atomic E-state index is 0.0921. The van der Waals surface area contributed by atoms with Crippen LogP contribution in [-0.2, 0) is 16.1 Å². The summed E-state index contributed by atoms with van der Waals surface area (Å²) >= 11 is 1.71. The molecule has 0 atom stereocenters. The second-order valence-electron chi connectivity index (χ2n) is 7.28. The fourth-order valence-corrected chi connectivity index (χ4v) is 3.71. The highest BCUT2D eigenvalue weighted by atomic mass is 32.2. The molecule has 1 aliphatic rings. The lowest BCUT2D eigenvalue weighted by molar-refractivity contribution is -0.127. The van der Waals surface area contributed by atoms with E-state index < -0.39 is 5.54 Å². The number of carbonyl (C=O) groups excluding carboxylic acids is 2. The van der Waals surface area contributed by atoms with Crippen molar-refractivity contribution in [1.82, 2.24) is 4.90 Å². The Bertz CT molecular complexity index is 849. The molecule has 6 heteroatoms.